The molecule has 114 valence electrons. The lowest BCUT2D eigenvalue weighted by molar-refractivity contribution is -0.117. The van der Waals surface area contributed by atoms with E-state index in [9.17, 15) is 9.59 Å². The Morgan fingerprint density at radius 2 is 1.77 bits per heavy atom. The lowest BCUT2D eigenvalue weighted by atomic mass is 10.2. The van der Waals surface area contributed by atoms with Crippen LogP contribution in [0, 0.1) is 0 Å². The second-order valence-corrected chi connectivity index (χ2v) is 4.96. The van der Waals surface area contributed by atoms with Gasteiger partial charge in [-0.2, -0.15) is 0 Å². The van der Waals surface area contributed by atoms with Crippen molar-refractivity contribution in [1.82, 2.24) is 5.32 Å². The Labute approximate surface area is 133 Å². The molecule has 0 aromatic heterocycles. The highest BCUT2D eigenvalue weighted by Crippen LogP contribution is 2.18. The number of amides is 2. The topological polar surface area (TPSA) is 81.4 Å². The molecule has 0 atom stereocenters. The zero-order chi connectivity index (χ0) is 15.9. The number of hydrogen-bond acceptors (Lipinski definition) is 3. The molecule has 2 amide bonds. The third-order valence-electron chi connectivity index (χ3n) is 2.89. The predicted octanol–water partition coefficient (Wildman–Crippen LogP) is 2.13. The van der Waals surface area contributed by atoms with Crippen LogP contribution < -0.4 is 15.8 Å². The van der Waals surface area contributed by atoms with Crippen LogP contribution in [-0.2, 0) is 11.4 Å². The van der Waals surface area contributed by atoms with Crippen LogP contribution in [0.4, 0.5) is 0 Å². The van der Waals surface area contributed by atoms with Gasteiger partial charge in [-0.1, -0.05) is 29.8 Å². The summed E-state index contributed by atoms with van der Waals surface area (Å²) in [5.74, 6) is -0.337. The summed E-state index contributed by atoms with van der Waals surface area (Å²) < 4.78 is 5.62. The first-order valence-corrected chi connectivity index (χ1v) is 6.97. The number of ether oxygens (including phenoxy) is 1. The summed E-state index contributed by atoms with van der Waals surface area (Å²) in [6.45, 7) is 0.149. The predicted molar refractivity (Wildman–Crippen MR) is 83.8 cm³/mol. The Hall–Kier alpha value is -2.53. The van der Waals surface area contributed by atoms with Gasteiger partial charge in [0, 0.05) is 16.1 Å². The van der Waals surface area contributed by atoms with Crippen LogP contribution in [0.3, 0.4) is 0 Å². The van der Waals surface area contributed by atoms with Crippen molar-refractivity contribution in [3.63, 3.8) is 0 Å². The molecule has 0 heterocycles. The van der Waals surface area contributed by atoms with E-state index in [4.69, 9.17) is 22.1 Å². The molecule has 2 aromatic carbocycles. The minimum absolute atomic E-state index is 0.191. The van der Waals surface area contributed by atoms with Gasteiger partial charge in [-0.15, -0.1) is 0 Å². The quantitative estimate of drug-likeness (QED) is 0.856. The maximum atomic E-state index is 11.7. The molecule has 0 radical (unpaired) electrons. The normalized spacial score (nSPS) is 10.0. The maximum Gasteiger partial charge on any atom is 0.251 e. The van der Waals surface area contributed by atoms with Crippen molar-refractivity contribution >= 4 is 23.4 Å². The Bertz CT molecular complexity index is 671. The van der Waals surface area contributed by atoms with Crippen LogP contribution in [-0.4, -0.2) is 18.4 Å². The lowest BCUT2D eigenvalue weighted by Crippen LogP contribution is -2.33. The molecular weight excluding hydrogens is 304 g/mol. The molecule has 0 aliphatic heterocycles. The van der Waals surface area contributed by atoms with E-state index in [0.29, 0.717) is 22.9 Å². The molecule has 22 heavy (non-hydrogen) atoms. The summed E-state index contributed by atoms with van der Waals surface area (Å²) in [6, 6.07) is 14.0. The molecule has 0 fully saturated rings. The number of halogens is 1. The summed E-state index contributed by atoms with van der Waals surface area (Å²) in [7, 11) is 0. The lowest BCUT2D eigenvalue weighted by Gasteiger charge is -2.08. The molecule has 0 saturated heterocycles. The summed E-state index contributed by atoms with van der Waals surface area (Å²) in [5.41, 5.74) is 6.27. The van der Waals surface area contributed by atoms with E-state index in [1.807, 2.05) is 18.2 Å². The van der Waals surface area contributed by atoms with E-state index in [2.05, 4.69) is 5.32 Å². The van der Waals surface area contributed by atoms with Crippen molar-refractivity contribution in [2.75, 3.05) is 6.54 Å². The molecule has 2 aromatic rings. The maximum absolute atomic E-state index is 11.7. The Balaban J connectivity index is 1.93. The summed E-state index contributed by atoms with van der Waals surface area (Å²) in [5, 5.41) is 3.05. The summed E-state index contributed by atoms with van der Waals surface area (Å²) >= 11 is 6.05. The van der Waals surface area contributed by atoms with Gasteiger partial charge in [0.2, 0.25) is 5.91 Å². The Morgan fingerprint density at radius 1 is 1.09 bits per heavy atom. The van der Waals surface area contributed by atoms with Crippen LogP contribution in [0.1, 0.15) is 15.9 Å². The van der Waals surface area contributed by atoms with Crippen molar-refractivity contribution < 1.29 is 14.3 Å². The first-order valence-electron chi connectivity index (χ1n) is 6.59. The molecule has 0 spiro atoms. The van der Waals surface area contributed by atoms with Crippen LogP contribution in [0.15, 0.2) is 48.5 Å². The van der Waals surface area contributed by atoms with Crippen LogP contribution in [0.2, 0.25) is 5.02 Å². The molecule has 3 N–H and O–H groups in total. The second kappa shape index (κ2) is 7.47. The molecule has 0 unspecified atom stereocenters. The smallest absolute Gasteiger partial charge is 0.251 e. The van der Waals surface area contributed by atoms with E-state index >= 15 is 0 Å². The summed E-state index contributed by atoms with van der Waals surface area (Å²) in [6.07, 6.45) is 0. The number of nitrogens with two attached hydrogens (primary N) is 1. The van der Waals surface area contributed by atoms with Gasteiger partial charge in [0.25, 0.3) is 5.91 Å². The average Bonchev–Trinajstić information content (AvgIpc) is 2.52. The zero-order valence-corrected chi connectivity index (χ0v) is 12.5. The molecule has 2 rings (SSSR count). The van der Waals surface area contributed by atoms with Crippen molar-refractivity contribution in [2.45, 2.75) is 6.61 Å². The van der Waals surface area contributed by atoms with E-state index in [0.717, 1.165) is 5.56 Å². The summed E-state index contributed by atoms with van der Waals surface area (Å²) in [4.78, 5) is 22.3. The number of rotatable bonds is 6. The van der Waals surface area contributed by atoms with E-state index in [1.54, 1.807) is 30.3 Å². The number of carbonyl (C=O) groups excluding carboxylic acids is 2. The van der Waals surface area contributed by atoms with Crippen molar-refractivity contribution in [1.29, 1.82) is 0 Å². The molecule has 6 heteroatoms. The van der Waals surface area contributed by atoms with Gasteiger partial charge in [0.05, 0.1) is 6.54 Å². The first kappa shape index (κ1) is 15.9. The highest BCUT2D eigenvalue weighted by Gasteiger charge is 2.07. The monoisotopic (exact) mass is 318 g/mol. The van der Waals surface area contributed by atoms with Gasteiger partial charge < -0.3 is 15.8 Å². The van der Waals surface area contributed by atoms with E-state index < -0.39 is 5.91 Å². The van der Waals surface area contributed by atoms with Crippen molar-refractivity contribution in [2.24, 2.45) is 5.73 Å². The third kappa shape index (κ3) is 4.49. The SMILES string of the molecule is NC(=O)CNC(=O)c1ccc(OCc2ccccc2Cl)cc1. The fourth-order valence-corrected chi connectivity index (χ4v) is 1.94. The fraction of sp³-hybridized carbons (Fsp3) is 0.125. The number of nitrogens with one attached hydrogen (secondary N) is 1. The highest BCUT2D eigenvalue weighted by molar-refractivity contribution is 6.31. The zero-order valence-electron chi connectivity index (χ0n) is 11.7. The van der Waals surface area contributed by atoms with Crippen molar-refractivity contribution in [3.8, 4) is 5.75 Å². The van der Waals surface area contributed by atoms with Crippen LogP contribution in [0.25, 0.3) is 0 Å². The second-order valence-electron chi connectivity index (χ2n) is 4.55. The number of carbonyl (C=O) groups is 2. The molecular formula is C16H15ClN2O3. The highest BCUT2D eigenvalue weighted by atomic mass is 35.5. The molecule has 0 aliphatic rings. The van der Waals surface area contributed by atoms with Gasteiger partial charge >= 0.3 is 0 Å². The van der Waals surface area contributed by atoms with E-state index in [-0.39, 0.29) is 12.5 Å². The van der Waals surface area contributed by atoms with Crippen LogP contribution in [0.5, 0.6) is 5.75 Å². The van der Waals surface area contributed by atoms with Gasteiger partial charge in [-0.05, 0) is 30.3 Å². The van der Waals surface area contributed by atoms with E-state index in [1.165, 1.54) is 0 Å². The molecule has 0 bridgehead atoms. The minimum Gasteiger partial charge on any atom is -0.489 e. The fourth-order valence-electron chi connectivity index (χ4n) is 1.75. The number of benzene rings is 2. The Kier molecular flexibility index (Phi) is 5.38. The largest absolute Gasteiger partial charge is 0.489 e. The standard InChI is InChI=1S/C16H15ClN2O3/c17-14-4-2-1-3-12(14)10-22-13-7-5-11(6-8-13)16(21)19-9-15(18)20/h1-8H,9-10H2,(H2,18,20)(H,19,21). The number of primary amides is 1. The van der Waals surface area contributed by atoms with Gasteiger partial charge in [-0.25, -0.2) is 0 Å². The van der Waals surface area contributed by atoms with Crippen molar-refractivity contribution in [3.05, 3.63) is 64.7 Å². The third-order valence-corrected chi connectivity index (χ3v) is 3.26. The molecule has 0 aliphatic carbocycles. The van der Waals surface area contributed by atoms with Gasteiger partial charge in [0.15, 0.2) is 0 Å². The van der Waals surface area contributed by atoms with Gasteiger partial charge in [0.1, 0.15) is 12.4 Å². The number of hydrogen-bond donors (Lipinski definition) is 2. The molecule has 5 nitrogen and oxygen atoms in total. The molecule has 0 saturated carbocycles. The Morgan fingerprint density at radius 3 is 2.41 bits per heavy atom. The van der Waals surface area contributed by atoms with Crippen LogP contribution >= 0.6 is 11.6 Å². The van der Waals surface area contributed by atoms with Gasteiger partial charge in [-0.3, -0.25) is 9.59 Å². The average molecular weight is 319 g/mol. The minimum atomic E-state index is -0.590. The first-order chi connectivity index (χ1) is 10.6.